The number of piperidine rings is 1. The zero-order chi connectivity index (χ0) is 20.1. The Labute approximate surface area is 171 Å². The predicted octanol–water partition coefficient (Wildman–Crippen LogP) is 3.82. The maximum atomic E-state index is 13.0. The number of hydrogen-bond donors (Lipinski definition) is 1. The van der Waals surface area contributed by atoms with Crippen LogP contribution in [-0.4, -0.2) is 38.6 Å². The Morgan fingerprint density at radius 3 is 2.54 bits per heavy atom. The summed E-state index contributed by atoms with van der Waals surface area (Å²) >= 11 is 1.46. The third-order valence-electron chi connectivity index (χ3n) is 4.90. The van der Waals surface area contributed by atoms with Gasteiger partial charge in [-0.2, -0.15) is 0 Å². The van der Waals surface area contributed by atoms with E-state index in [2.05, 4.69) is 4.72 Å². The van der Waals surface area contributed by atoms with Crippen LogP contribution >= 0.6 is 11.8 Å². The fourth-order valence-corrected chi connectivity index (χ4v) is 4.99. The number of hydrogen-bond acceptors (Lipinski definition) is 4. The molecule has 1 saturated heterocycles. The van der Waals surface area contributed by atoms with Gasteiger partial charge in [0.2, 0.25) is 10.0 Å². The number of benzene rings is 2. The number of amides is 1. The van der Waals surface area contributed by atoms with Gasteiger partial charge in [0.15, 0.2) is 0 Å². The van der Waals surface area contributed by atoms with Gasteiger partial charge in [-0.15, -0.1) is 11.8 Å². The number of carbonyl (C=O) groups excluding carboxylic acids is 1. The first-order valence-electron chi connectivity index (χ1n) is 9.43. The molecule has 7 heteroatoms. The van der Waals surface area contributed by atoms with Gasteiger partial charge in [-0.1, -0.05) is 29.8 Å². The van der Waals surface area contributed by atoms with E-state index in [-0.39, 0.29) is 17.3 Å². The summed E-state index contributed by atoms with van der Waals surface area (Å²) < 4.78 is 28.2. The fraction of sp³-hybridized carbons (Fsp3) is 0.381. The minimum atomic E-state index is -3.71. The van der Waals surface area contributed by atoms with Crippen LogP contribution < -0.4 is 4.72 Å². The minimum Gasteiger partial charge on any atom is -0.339 e. The molecule has 1 aliphatic rings. The lowest BCUT2D eigenvalue weighted by atomic mass is 10.1. The Morgan fingerprint density at radius 1 is 1.11 bits per heavy atom. The summed E-state index contributed by atoms with van der Waals surface area (Å²) in [7, 11) is -3.71. The Bertz CT molecular complexity index is 952. The second-order valence-corrected chi connectivity index (χ2v) is 9.64. The Hall–Kier alpha value is -1.83. The topological polar surface area (TPSA) is 66.5 Å². The van der Waals surface area contributed by atoms with Gasteiger partial charge < -0.3 is 4.90 Å². The van der Waals surface area contributed by atoms with E-state index in [1.54, 1.807) is 12.1 Å². The van der Waals surface area contributed by atoms with Crippen molar-refractivity contribution in [2.75, 3.05) is 19.3 Å². The van der Waals surface area contributed by atoms with E-state index in [1.807, 2.05) is 42.3 Å². The average molecular weight is 419 g/mol. The van der Waals surface area contributed by atoms with Gasteiger partial charge in [0.1, 0.15) is 0 Å². The van der Waals surface area contributed by atoms with Crippen LogP contribution in [0.25, 0.3) is 0 Å². The summed E-state index contributed by atoms with van der Waals surface area (Å²) in [4.78, 5) is 15.7. The molecular formula is C21H26N2O3S2. The number of likely N-dealkylation sites (tertiary alicyclic amines) is 1. The Balaban J connectivity index is 1.83. The van der Waals surface area contributed by atoms with E-state index in [1.165, 1.54) is 17.8 Å². The summed E-state index contributed by atoms with van der Waals surface area (Å²) in [6.07, 6.45) is 5.02. The van der Waals surface area contributed by atoms with Crippen LogP contribution in [0.1, 0.15) is 40.7 Å². The third-order valence-corrected chi connectivity index (χ3v) is 7.10. The summed E-state index contributed by atoms with van der Waals surface area (Å²) in [5, 5.41) is 0. The van der Waals surface area contributed by atoms with Crippen molar-refractivity contribution < 1.29 is 13.2 Å². The molecule has 1 fully saturated rings. The first kappa shape index (κ1) is 20.9. The van der Waals surface area contributed by atoms with Gasteiger partial charge in [-0.05, 0) is 56.2 Å². The van der Waals surface area contributed by atoms with E-state index in [0.29, 0.717) is 5.56 Å². The highest BCUT2D eigenvalue weighted by Crippen LogP contribution is 2.26. The summed E-state index contributed by atoms with van der Waals surface area (Å²) in [6, 6.07) is 12.5. The number of sulfonamides is 1. The maximum absolute atomic E-state index is 13.0. The van der Waals surface area contributed by atoms with E-state index < -0.39 is 10.0 Å². The monoisotopic (exact) mass is 418 g/mol. The Morgan fingerprint density at radius 2 is 1.86 bits per heavy atom. The number of carbonyl (C=O) groups is 1. The van der Waals surface area contributed by atoms with Gasteiger partial charge in [-0.25, -0.2) is 13.1 Å². The van der Waals surface area contributed by atoms with Gasteiger partial charge >= 0.3 is 0 Å². The molecule has 1 amide bonds. The van der Waals surface area contributed by atoms with Gasteiger partial charge in [0.25, 0.3) is 5.91 Å². The fourth-order valence-electron chi connectivity index (χ4n) is 3.37. The molecule has 0 unspecified atom stereocenters. The maximum Gasteiger partial charge on any atom is 0.255 e. The molecule has 3 rings (SSSR count). The minimum absolute atomic E-state index is 0.0835. The highest BCUT2D eigenvalue weighted by atomic mass is 32.2. The van der Waals surface area contributed by atoms with E-state index in [0.717, 1.165) is 48.4 Å². The normalized spacial score (nSPS) is 14.9. The molecule has 2 aromatic carbocycles. The lowest BCUT2D eigenvalue weighted by molar-refractivity contribution is 0.0720. The largest absolute Gasteiger partial charge is 0.339 e. The van der Waals surface area contributed by atoms with Crippen LogP contribution in [0.15, 0.2) is 52.3 Å². The molecule has 1 aliphatic heterocycles. The molecule has 5 nitrogen and oxygen atoms in total. The molecule has 1 heterocycles. The highest BCUT2D eigenvalue weighted by Gasteiger charge is 2.23. The molecule has 0 aromatic heterocycles. The quantitative estimate of drug-likeness (QED) is 0.724. The van der Waals surface area contributed by atoms with Crippen molar-refractivity contribution in [3.63, 3.8) is 0 Å². The number of aryl methyl sites for hydroxylation is 1. The van der Waals surface area contributed by atoms with Crippen molar-refractivity contribution in [1.82, 2.24) is 9.62 Å². The van der Waals surface area contributed by atoms with Crippen molar-refractivity contribution in [1.29, 1.82) is 0 Å². The van der Waals surface area contributed by atoms with Crippen LogP contribution in [0.2, 0.25) is 0 Å². The molecule has 28 heavy (non-hydrogen) atoms. The lowest BCUT2D eigenvalue weighted by Crippen LogP contribution is -2.36. The molecule has 2 aromatic rings. The smallest absolute Gasteiger partial charge is 0.255 e. The van der Waals surface area contributed by atoms with Gasteiger partial charge in [0, 0.05) is 24.5 Å². The van der Waals surface area contributed by atoms with Crippen LogP contribution in [-0.2, 0) is 16.6 Å². The molecule has 0 saturated carbocycles. The van der Waals surface area contributed by atoms with E-state index in [4.69, 9.17) is 0 Å². The van der Waals surface area contributed by atoms with Gasteiger partial charge in [-0.3, -0.25) is 4.79 Å². The first-order chi connectivity index (χ1) is 13.4. The first-order valence-corrected chi connectivity index (χ1v) is 12.1. The summed E-state index contributed by atoms with van der Waals surface area (Å²) in [5.74, 6) is -0.0835. The SMILES string of the molecule is CSc1ccc(S(=O)(=O)NCc2cccc(C)c2)cc1C(=O)N1CCCCC1. The summed E-state index contributed by atoms with van der Waals surface area (Å²) in [6.45, 7) is 3.64. The standard InChI is InChI=1S/C21H26N2O3S2/c1-16-7-6-8-17(13-16)15-22-28(25,26)18-9-10-20(27-2)19(14-18)21(24)23-11-4-3-5-12-23/h6-10,13-14,22H,3-5,11-12,15H2,1-2H3. The third kappa shape index (κ3) is 4.96. The second kappa shape index (κ2) is 9.11. The second-order valence-electron chi connectivity index (χ2n) is 7.03. The van der Waals surface area contributed by atoms with Crippen LogP contribution in [0.3, 0.4) is 0 Å². The average Bonchev–Trinajstić information content (AvgIpc) is 2.72. The zero-order valence-electron chi connectivity index (χ0n) is 16.3. The van der Waals surface area contributed by atoms with Crippen molar-refractivity contribution in [3.05, 3.63) is 59.2 Å². The van der Waals surface area contributed by atoms with Crippen LogP contribution in [0, 0.1) is 6.92 Å². The molecule has 0 aliphatic carbocycles. The highest BCUT2D eigenvalue weighted by molar-refractivity contribution is 7.98. The van der Waals surface area contributed by atoms with Crippen molar-refractivity contribution in [2.45, 2.75) is 42.5 Å². The lowest BCUT2D eigenvalue weighted by Gasteiger charge is -2.27. The molecule has 0 radical (unpaired) electrons. The van der Waals surface area contributed by atoms with Crippen molar-refractivity contribution in [3.8, 4) is 0 Å². The Kier molecular flexibility index (Phi) is 6.80. The van der Waals surface area contributed by atoms with Crippen LogP contribution in [0.5, 0.6) is 0 Å². The molecular weight excluding hydrogens is 392 g/mol. The van der Waals surface area contributed by atoms with Crippen molar-refractivity contribution >= 4 is 27.7 Å². The number of nitrogens with one attached hydrogen (secondary N) is 1. The number of nitrogens with zero attached hydrogens (tertiary/aromatic N) is 1. The van der Waals surface area contributed by atoms with Gasteiger partial charge in [0.05, 0.1) is 10.5 Å². The molecule has 0 atom stereocenters. The zero-order valence-corrected chi connectivity index (χ0v) is 17.9. The van der Waals surface area contributed by atoms with E-state index in [9.17, 15) is 13.2 Å². The molecule has 150 valence electrons. The van der Waals surface area contributed by atoms with Crippen molar-refractivity contribution in [2.24, 2.45) is 0 Å². The number of rotatable bonds is 6. The molecule has 0 spiro atoms. The van der Waals surface area contributed by atoms with Crippen LogP contribution in [0.4, 0.5) is 0 Å². The molecule has 0 bridgehead atoms. The summed E-state index contributed by atoms with van der Waals surface area (Å²) in [5.41, 5.74) is 2.44. The molecule has 1 N–H and O–H groups in total. The number of thioether (sulfide) groups is 1. The predicted molar refractivity (Wildman–Crippen MR) is 113 cm³/mol. The van der Waals surface area contributed by atoms with E-state index >= 15 is 0 Å².